The molecule has 0 radical (unpaired) electrons. The maximum absolute atomic E-state index is 12.2. The molecule has 5 nitrogen and oxygen atoms in total. The predicted octanol–water partition coefficient (Wildman–Crippen LogP) is 4.06. The zero-order chi connectivity index (χ0) is 17.1. The number of hydrogen-bond acceptors (Lipinski definition) is 4. The summed E-state index contributed by atoms with van der Waals surface area (Å²) in [5.74, 6) is 0.104. The molecule has 0 fully saturated rings. The lowest BCUT2D eigenvalue weighted by Crippen LogP contribution is -2.15. The van der Waals surface area contributed by atoms with E-state index in [-0.39, 0.29) is 5.91 Å². The summed E-state index contributed by atoms with van der Waals surface area (Å²) in [7, 11) is 0. The molecule has 1 aromatic carbocycles. The average Bonchev–Trinajstić information content (AvgIpc) is 2.58. The van der Waals surface area contributed by atoms with Gasteiger partial charge < -0.3 is 5.32 Å². The quantitative estimate of drug-likeness (QED) is 0.782. The van der Waals surface area contributed by atoms with Gasteiger partial charge in [-0.2, -0.15) is 0 Å². The minimum atomic E-state index is -0.267. The van der Waals surface area contributed by atoms with Gasteiger partial charge in [0.15, 0.2) is 5.82 Å². The van der Waals surface area contributed by atoms with E-state index in [0.717, 1.165) is 11.1 Å². The third-order valence-electron chi connectivity index (χ3n) is 3.54. The van der Waals surface area contributed by atoms with E-state index >= 15 is 0 Å². The van der Waals surface area contributed by atoms with Crippen LogP contribution in [0.1, 0.15) is 21.6 Å². The highest BCUT2D eigenvalue weighted by Gasteiger charge is 2.11. The second-order valence-electron chi connectivity index (χ2n) is 5.36. The van der Waals surface area contributed by atoms with Gasteiger partial charge in [-0.1, -0.05) is 23.2 Å². The van der Waals surface area contributed by atoms with Gasteiger partial charge in [-0.25, -0.2) is 4.98 Å². The Bertz CT molecular complexity index is 894. The van der Waals surface area contributed by atoms with E-state index in [1.807, 2.05) is 25.1 Å². The molecule has 0 atom stereocenters. The van der Waals surface area contributed by atoms with E-state index < -0.39 is 0 Å². The SMILES string of the molecule is Cc1ccc(Cl)c(-c2cnc(NC(=O)c3cccnc3C)cn2)c1. The summed E-state index contributed by atoms with van der Waals surface area (Å²) in [5, 5.41) is 3.33. The van der Waals surface area contributed by atoms with Gasteiger partial charge in [0.2, 0.25) is 0 Å². The van der Waals surface area contributed by atoms with Crippen LogP contribution in [0.15, 0.2) is 48.9 Å². The molecule has 3 aromatic rings. The largest absolute Gasteiger partial charge is 0.305 e. The number of aryl methyl sites for hydroxylation is 2. The standard InChI is InChI=1S/C18H15ClN4O/c1-11-5-6-15(19)14(8-11)16-9-22-17(10-21-16)23-18(24)13-4-3-7-20-12(13)2/h3-10H,1-2H3,(H,22,23,24). The molecule has 0 saturated carbocycles. The van der Waals surface area contributed by atoms with Crippen molar-refractivity contribution in [3.05, 3.63) is 70.8 Å². The molecule has 2 heterocycles. The third-order valence-corrected chi connectivity index (χ3v) is 3.87. The maximum Gasteiger partial charge on any atom is 0.258 e. The van der Waals surface area contributed by atoms with Crippen molar-refractivity contribution in [3.8, 4) is 11.3 Å². The molecule has 1 amide bonds. The van der Waals surface area contributed by atoms with E-state index in [9.17, 15) is 4.79 Å². The first kappa shape index (κ1) is 16.1. The predicted molar refractivity (Wildman–Crippen MR) is 94.1 cm³/mol. The van der Waals surface area contributed by atoms with Crippen molar-refractivity contribution < 1.29 is 4.79 Å². The number of carbonyl (C=O) groups excluding carboxylic acids is 1. The number of rotatable bonds is 3. The highest BCUT2D eigenvalue weighted by molar-refractivity contribution is 6.33. The summed E-state index contributed by atoms with van der Waals surface area (Å²) < 4.78 is 0. The molecule has 24 heavy (non-hydrogen) atoms. The minimum Gasteiger partial charge on any atom is -0.305 e. The summed E-state index contributed by atoms with van der Waals surface area (Å²) >= 11 is 6.21. The highest BCUT2D eigenvalue weighted by atomic mass is 35.5. The molecular formula is C18H15ClN4O. The van der Waals surface area contributed by atoms with Crippen LogP contribution >= 0.6 is 11.6 Å². The van der Waals surface area contributed by atoms with E-state index in [2.05, 4.69) is 20.3 Å². The van der Waals surface area contributed by atoms with Crippen LogP contribution in [0.3, 0.4) is 0 Å². The molecule has 6 heteroatoms. The van der Waals surface area contributed by atoms with Crippen LogP contribution in [0.4, 0.5) is 5.82 Å². The Balaban J connectivity index is 1.81. The number of carbonyl (C=O) groups is 1. The summed E-state index contributed by atoms with van der Waals surface area (Å²) in [4.78, 5) is 24.9. The number of aromatic nitrogens is 3. The number of halogens is 1. The Labute approximate surface area is 144 Å². The smallest absolute Gasteiger partial charge is 0.258 e. The Hall–Kier alpha value is -2.79. The van der Waals surface area contributed by atoms with Crippen LogP contribution in [0.5, 0.6) is 0 Å². The number of pyridine rings is 1. The fourth-order valence-corrected chi connectivity index (χ4v) is 2.49. The fraction of sp³-hybridized carbons (Fsp3) is 0.111. The zero-order valence-corrected chi connectivity index (χ0v) is 14.0. The maximum atomic E-state index is 12.2. The molecule has 0 aliphatic rings. The zero-order valence-electron chi connectivity index (χ0n) is 13.2. The number of nitrogens with zero attached hydrogens (tertiary/aromatic N) is 3. The van der Waals surface area contributed by atoms with E-state index in [0.29, 0.717) is 27.8 Å². The van der Waals surface area contributed by atoms with Crippen LogP contribution in [0.25, 0.3) is 11.3 Å². The van der Waals surface area contributed by atoms with Crippen molar-refractivity contribution in [1.82, 2.24) is 15.0 Å². The summed E-state index contributed by atoms with van der Waals surface area (Å²) in [5.41, 5.74) is 3.71. The third kappa shape index (κ3) is 3.41. The molecule has 0 aliphatic heterocycles. The lowest BCUT2D eigenvalue weighted by Gasteiger charge is -2.08. The monoisotopic (exact) mass is 338 g/mol. The molecule has 0 aliphatic carbocycles. The molecule has 0 bridgehead atoms. The van der Waals surface area contributed by atoms with Crippen LogP contribution in [0.2, 0.25) is 5.02 Å². The Morgan fingerprint density at radius 3 is 2.62 bits per heavy atom. The summed E-state index contributed by atoms with van der Waals surface area (Å²) in [6, 6.07) is 9.14. The van der Waals surface area contributed by atoms with E-state index in [1.165, 1.54) is 6.20 Å². The van der Waals surface area contributed by atoms with Gasteiger partial charge in [-0.05, 0) is 38.1 Å². The van der Waals surface area contributed by atoms with Gasteiger partial charge >= 0.3 is 0 Å². The van der Waals surface area contributed by atoms with Gasteiger partial charge in [0, 0.05) is 17.5 Å². The second-order valence-corrected chi connectivity index (χ2v) is 5.77. The molecule has 120 valence electrons. The Morgan fingerprint density at radius 2 is 1.92 bits per heavy atom. The molecule has 2 aromatic heterocycles. The van der Waals surface area contributed by atoms with Crippen molar-refractivity contribution in [2.75, 3.05) is 5.32 Å². The van der Waals surface area contributed by atoms with Gasteiger partial charge in [-0.15, -0.1) is 0 Å². The topological polar surface area (TPSA) is 67.8 Å². The number of amides is 1. The summed E-state index contributed by atoms with van der Waals surface area (Å²) in [6.45, 7) is 3.77. The van der Waals surface area contributed by atoms with Gasteiger partial charge in [0.05, 0.1) is 28.7 Å². The number of anilines is 1. The molecule has 0 saturated heterocycles. The van der Waals surface area contributed by atoms with Crippen LogP contribution < -0.4 is 5.32 Å². The number of benzene rings is 1. The normalized spacial score (nSPS) is 10.5. The molecule has 0 spiro atoms. The first-order chi connectivity index (χ1) is 11.5. The molecule has 1 N–H and O–H groups in total. The summed E-state index contributed by atoms with van der Waals surface area (Å²) in [6.07, 6.45) is 4.75. The van der Waals surface area contributed by atoms with Crippen molar-refractivity contribution in [3.63, 3.8) is 0 Å². The van der Waals surface area contributed by atoms with Crippen molar-refractivity contribution in [2.24, 2.45) is 0 Å². The fourth-order valence-electron chi connectivity index (χ4n) is 2.27. The van der Waals surface area contributed by atoms with Crippen molar-refractivity contribution in [1.29, 1.82) is 0 Å². The number of nitrogens with one attached hydrogen (secondary N) is 1. The van der Waals surface area contributed by atoms with Crippen LogP contribution in [-0.4, -0.2) is 20.9 Å². The highest BCUT2D eigenvalue weighted by Crippen LogP contribution is 2.27. The molecule has 3 rings (SSSR count). The number of hydrogen-bond donors (Lipinski definition) is 1. The first-order valence-electron chi connectivity index (χ1n) is 7.36. The van der Waals surface area contributed by atoms with Crippen LogP contribution in [0, 0.1) is 13.8 Å². The van der Waals surface area contributed by atoms with Gasteiger partial charge in [0.1, 0.15) is 0 Å². The lowest BCUT2D eigenvalue weighted by molar-refractivity contribution is 0.102. The van der Waals surface area contributed by atoms with Crippen molar-refractivity contribution >= 4 is 23.3 Å². The molecule has 0 unspecified atom stereocenters. The minimum absolute atomic E-state index is 0.267. The Kier molecular flexibility index (Phi) is 4.53. The second kappa shape index (κ2) is 6.76. The Morgan fingerprint density at radius 1 is 1.08 bits per heavy atom. The average molecular weight is 339 g/mol. The van der Waals surface area contributed by atoms with E-state index in [4.69, 9.17) is 11.6 Å². The first-order valence-corrected chi connectivity index (χ1v) is 7.74. The molecular weight excluding hydrogens is 324 g/mol. The van der Waals surface area contributed by atoms with Gasteiger partial charge in [0.25, 0.3) is 5.91 Å². The van der Waals surface area contributed by atoms with Gasteiger partial charge in [-0.3, -0.25) is 14.8 Å². The lowest BCUT2D eigenvalue weighted by atomic mass is 10.1. The van der Waals surface area contributed by atoms with Crippen molar-refractivity contribution in [2.45, 2.75) is 13.8 Å². The van der Waals surface area contributed by atoms with Crippen LogP contribution in [-0.2, 0) is 0 Å². The van der Waals surface area contributed by atoms with E-state index in [1.54, 1.807) is 31.5 Å².